The second kappa shape index (κ2) is 7.90. The Morgan fingerprint density at radius 2 is 2.12 bits per heavy atom. The van der Waals surface area contributed by atoms with E-state index in [0.717, 1.165) is 0 Å². The lowest BCUT2D eigenvalue weighted by Gasteiger charge is -2.15. The number of fused-ring (bicyclic) bond motifs is 1. The molecular weight excluding hydrogens is 339 g/mol. The number of hydrogen-bond acceptors (Lipinski definition) is 5. The van der Waals surface area contributed by atoms with Crippen LogP contribution in [0.2, 0.25) is 0 Å². The second-order valence-electron chi connectivity index (χ2n) is 5.94. The van der Waals surface area contributed by atoms with Crippen molar-refractivity contribution in [2.24, 2.45) is 12.0 Å². The quantitative estimate of drug-likeness (QED) is 0.761. The molecule has 1 atom stereocenters. The van der Waals surface area contributed by atoms with Crippen LogP contribution in [-0.2, 0) is 11.8 Å². The maximum absolute atomic E-state index is 12.8. The summed E-state index contributed by atoms with van der Waals surface area (Å²) in [6.07, 6.45) is 3.75. The normalized spacial score (nSPS) is 15.6. The molecule has 1 aromatic heterocycles. The third kappa shape index (κ3) is 4.14. The van der Waals surface area contributed by atoms with E-state index in [1.807, 2.05) is 0 Å². The Bertz CT molecular complexity index is 829. The highest BCUT2D eigenvalue weighted by Crippen LogP contribution is 2.17. The zero-order valence-corrected chi connectivity index (χ0v) is 14.3. The Morgan fingerprint density at radius 1 is 1.35 bits per heavy atom. The van der Waals surface area contributed by atoms with Crippen molar-refractivity contribution in [3.8, 4) is 5.75 Å². The van der Waals surface area contributed by atoms with Gasteiger partial charge in [-0.1, -0.05) is 0 Å². The molecule has 1 aromatic carbocycles. The highest BCUT2D eigenvalue weighted by Gasteiger charge is 2.29. The van der Waals surface area contributed by atoms with E-state index in [1.54, 1.807) is 31.6 Å². The van der Waals surface area contributed by atoms with Crippen molar-refractivity contribution >= 4 is 17.9 Å². The molecule has 26 heavy (non-hydrogen) atoms. The molecule has 0 bridgehead atoms. The Morgan fingerprint density at radius 3 is 2.88 bits per heavy atom. The number of aryl methyl sites for hydroxylation is 1. The van der Waals surface area contributed by atoms with Crippen molar-refractivity contribution in [2.45, 2.75) is 18.9 Å². The lowest BCUT2D eigenvalue weighted by Crippen LogP contribution is -2.34. The predicted molar refractivity (Wildman–Crippen MR) is 93.1 cm³/mol. The van der Waals surface area contributed by atoms with Gasteiger partial charge in [-0.2, -0.15) is 5.10 Å². The number of aromatic nitrogens is 2. The number of amides is 1. The van der Waals surface area contributed by atoms with Crippen LogP contribution in [0.4, 0.5) is 4.39 Å². The first-order valence-electron chi connectivity index (χ1n) is 8.29. The zero-order valence-electron chi connectivity index (χ0n) is 14.3. The average molecular weight is 358 g/mol. The molecule has 1 aliphatic rings. The van der Waals surface area contributed by atoms with Gasteiger partial charge in [0, 0.05) is 25.4 Å². The van der Waals surface area contributed by atoms with Crippen molar-refractivity contribution in [3.05, 3.63) is 47.5 Å². The molecule has 2 heterocycles. The van der Waals surface area contributed by atoms with E-state index < -0.39 is 6.04 Å². The molecule has 0 saturated carbocycles. The predicted octanol–water partition coefficient (Wildman–Crippen LogP) is 1.52. The SMILES string of the molecule is Cn1ncc2c1C(=O)C(CC(=O)NCCCOc1ccc(F)cc1)N=C2. The molecule has 0 saturated heterocycles. The van der Waals surface area contributed by atoms with Crippen molar-refractivity contribution in [2.75, 3.05) is 13.2 Å². The fraction of sp³-hybridized carbons (Fsp3) is 0.333. The summed E-state index contributed by atoms with van der Waals surface area (Å²) >= 11 is 0. The first-order chi connectivity index (χ1) is 12.5. The number of halogens is 1. The largest absolute Gasteiger partial charge is 0.494 e. The van der Waals surface area contributed by atoms with Gasteiger partial charge < -0.3 is 10.1 Å². The summed E-state index contributed by atoms with van der Waals surface area (Å²) in [5.74, 6) is -0.181. The highest BCUT2D eigenvalue weighted by molar-refractivity contribution is 6.09. The fourth-order valence-electron chi connectivity index (χ4n) is 2.66. The number of rotatable bonds is 7. The number of ether oxygens (including phenoxy) is 1. The molecule has 1 amide bonds. The lowest BCUT2D eigenvalue weighted by molar-refractivity contribution is -0.121. The molecule has 0 aliphatic carbocycles. The van der Waals surface area contributed by atoms with Crippen LogP contribution in [0.3, 0.4) is 0 Å². The Hall–Kier alpha value is -3.03. The molecule has 0 spiro atoms. The summed E-state index contributed by atoms with van der Waals surface area (Å²) in [5, 5.41) is 6.78. The Kier molecular flexibility index (Phi) is 5.40. The smallest absolute Gasteiger partial charge is 0.222 e. The molecule has 2 aromatic rings. The highest BCUT2D eigenvalue weighted by atomic mass is 19.1. The molecule has 7 nitrogen and oxygen atoms in total. The number of nitrogens with zero attached hydrogens (tertiary/aromatic N) is 3. The van der Waals surface area contributed by atoms with Crippen LogP contribution < -0.4 is 10.1 Å². The van der Waals surface area contributed by atoms with Gasteiger partial charge in [-0.25, -0.2) is 4.39 Å². The standard InChI is InChI=1S/C18H19FN4O3/c1-23-17-12(11-22-23)10-21-15(18(17)25)9-16(24)20-7-2-8-26-14-5-3-13(19)4-6-14/h3-6,10-11,15H,2,7-9H2,1H3,(H,20,24). The van der Waals surface area contributed by atoms with Crippen LogP contribution in [-0.4, -0.2) is 46.9 Å². The summed E-state index contributed by atoms with van der Waals surface area (Å²) in [5.41, 5.74) is 1.15. The molecule has 1 aliphatic heterocycles. The van der Waals surface area contributed by atoms with Gasteiger partial charge in [-0.05, 0) is 30.7 Å². The third-order valence-electron chi connectivity index (χ3n) is 4.00. The fourth-order valence-corrected chi connectivity index (χ4v) is 2.66. The number of Topliss-reactive ketones (excluding diaryl/α,β-unsaturated/α-hetero) is 1. The number of aliphatic imine (C=N–C) groups is 1. The van der Waals surface area contributed by atoms with Crippen molar-refractivity contribution in [3.63, 3.8) is 0 Å². The van der Waals surface area contributed by atoms with Gasteiger partial charge in [0.05, 0.1) is 19.2 Å². The molecule has 136 valence electrons. The number of hydrogen-bond donors (Lipinski definition) is 1. The van der Waals surface area contributed by atoms with Gasteiger partial charge in [0.2, 0.25) is 11.7 Å². The van der Waals surface area contributed by atoms with E-state index in [9.17, 15) is 14.0 Å². The summed E-state index contributed by atoms with van der Waals surface area (Å²) in [4.78, 5) is 28.6. The summed E-state index contributed by atoms with van der Waals surface area (Å²) in [6, 6.07) is 5.04. The van der Waals surface area contributed by atoms with Crippen molar-refractivity contribution in [1.29, 1.82) is 0 Å². The van der Waals surface area contributed by atoms with E-state index in [1.165, 1.54) is 16.8 Å². The molecule has 8 heteroatoms. The molecule has 0 fully saturated rings. The monoisotopic (exact) mass is 358 g/mol. The van der Waals surface area contributed by atoms with Crippen LogP contribution in [0.25, 0.3) is 0 Å². The summed E-state index contributed by atoms with van der Waals surface area (Å²) in [6.45, 7) is 0.812. The number of carbonyl (C=O) groups is 2. The molecule has 0 radical (unpaired) electrons. The number of nitrogens with one attached hydrogen (secondary N) is 1. The van der Waals surface area contributed by atoms with Gasteiger partial charge in [-0.3, -0.25) is 19.3 Å². The van der Waals surface area contributed by atoms with Crippen LogP contribution >= 0.6 is 0 Å². The van der Waals surface area contributed by atoms with Crippen molar-refractivity contribution < 1.29 is 18.7 Å². The summed E-state index contributed by atoms with van der Waals surface area (Å²) in [7, 11) is 1.69. The zero-order chi connectivity index (χ0) is 18.5. The average Bonchev–Trinajstić information content (AvgIpc) is 3.00. The van der Waals surface area contributed by atoms with E-state index in [0.29, 0.717) is 36.6 Å². The minimum atomic E-state index is -0.714. The van der Waals surface area contributed by atoms with Gasteiger partial charge in [0.1, 0.15) is 23.3 Å². The Labute approximate surface area is 149 Å². The van der Waals surface area contributed by atoms with E-state index in [-0.39, 0.29) is 23.9 Å². The number of benzene rings is 1. The van der Waals surface area contributed by atoms with Crippen LogP contribution in [0.1, 0.15) is 28.9 Å². The van der Waals surface area contributed by atoms with E-state index in [4.69, 9.17) is 4.74 Å². The van der Waals surface area contributed by atoms with Gasteiger partial charge in [0.15, 0.2) is 0 Å². The first-order valence-corrected chi connectivity index (χ1v) is 8.29. The number of ketones is 1. The second-order valence-corrected chi connectivity index (χ2v) is 5.94. The van der Waals surface area contributed by atoms with Gasteiger partial charge >= 0.3 is 0 Å². The number of carbonyl (C=O) groups excluding carboxylic acids is 2. The van der Waals surface area contributed by atoms with Crippen LogP contribution in [0.5, 0.6) is 5.75 Å². The summed E-state index contributed by atoms with van der Waals surface area (Å²) < 4.78 is 19.7. The van der Waals surface area contributed by atoms with E-state index >= 15 is 0 Å². The molecular formula is C18H19FN4O3. The third-order valence-corrected chi connectivity index (χ3v) is 4.00. The minimum absolute atomic E-state index is 0.00122. The molecule has 3 rings (SSSR count). The Balaban J connectivity index is 1.39. The van der Waals surface area contributed by atoms with Gasteiger partial charge in [0.25, 0.3) is 0 Å². The first kappa shape index (κ1) is 17.8. The topological polar surface area (TPSA) is 85.6 Å². The molecule has 1 N–H and O–H groups in total. The molecule has 1 unspecified atom stereocenters. The van der Waals surface area contributed by atoms with Gasteiger partial charge in [-0.15, -0.1) is 0 Å². The maximum Gasteiger partial charge on any atom is 0.222 e. The maximum atomic E-state index is 12.8. The van der Waals surface area contributed by atoms with E-state index in [2.05, 4.69) is 15.4 Å². The van der Waals surface area contributed by atoms with Crippen LogP contribution in [0.15, 0.2) is 35.5 Å². The van der Waals surface area contributed by atoms with Crippen molar-refractivity contribution in [1.82, 2.24) is 15.1 Å². The van der Waals surface area contributed by atoms with Crippen LogP contribution in [0, 0.1) is 5.82 Å². The lowest BCUT2D eigenvalue weighted by atomic mass is 10.0. The minimum Gasteiger partial charge on any atom is -0.494 e.